The third kappa shape index (κ3) is 3.76. The molecule has 0 spiro atoms. The van der Waals surface area contributed by atoms with Crippen LogP contribution >= 0.6 is 0 Å². The Morgan fingerprint density at radius 2 is 1.60 bits per heavy atom. The summed E-state index contributed by atoms with van der Waals surface area (Å²) < 4.78 is 11.5. The van der Waals surface area contributed by atoms with Gasteiger partial charge in [-0.25, -0.2) is 0 Å². The molecule has 30 heavy (non-hydrogen) atoms. The van der Waals surface area contributed by atoms with Crippen LogP contribution in [0, 0.1) is 6.92 Å². The normalized spacial score (nSPS) is 13.7. The number of amides is 2. The van der Waals surface area contributed by atoms with Crippen molar-refractivity contribution in [2.75, 3.05) is 4.90 Å². The quantitative estimate of drug-likeness (QED) is 0.361. The third-order valence-electron chi connectivity index (χ3n) is 5.03. The maximum absolute atomic E-state index is 11.9. The fourth-order valence-corrected chi connectivity index (χ4v) is 3.61. The zero-order chi connectivity index (χ0) is 21.3. The summed E-state index contributed by atoms with van der Waals surface area (Å²) in [4.78, 5) is 36.5. The average molecular weight is 403 g/mol. The molecular formula is C24H21NO5. The molecule has 0 saturated carbocycles. The molecule has 0 radical (unpaired) electrons. The van der Waals surface area contributed by atoms with Gasteiger partial charge in [0.1, 0.15) is 18.1 Å². The Bertz CT molecular complexity index is 1130. The number of imide groups is 1. The molecule has 0 bridgehead atoms. The molecule has 1 aliphatic rings. The van der Waals surface area contributed by atoms with E-state index in [-0.39, 0.29) is 30.6 Å². The van der Waals surface area contributed by atoms with E-state index >= 15 is 0 Å². The molecule has 6 heteroatoms. The minimum absolute atomic E-state index is 0.168. The molecule has 1 fully saturated rings. The Kier molecular flexibility index (Phi) is 5.23. The second-order valence-electron chi connectivity index (χ2n) is 7.24. The number of anilines is 1. The first-order valence-electron chi connectivity index (χ1n) is 9.72. The molecule has 1 saturated heterocycles. The highest BCUT2D eigenvalue weighted by atomic mass is 16.5. The predicted molar refractivity (Wildman–Crippen MR) is 112 cm³/mol. The molecule has 0 aliphatic carbocycles. The number of carbonyl (C=O) groups is 3. The highest BCUT2D eigenvalue weighted by Gasteiger charge is 2.30. The monoisotopic (exact) mass is 403 g/mol. The summed E-state index contributed by atoms with van der Waals surface area (Å²) in [5, 5.41) is 1.66. The average Bonchev–Trinajstić information content (AvgIpc) is 3.07. The highest BCUT2D eigenvalue weighted by molar-refractivity contribution is 6.19. The van der Waals surface area contributed by atoms with E-state index in [0.29, 0.717) is 23.8 Å². The molecule has 3 aromatic carbocycles. The molecule has 3 aromatic rings. The molecule has 0 atom stereocenters. The van der Waals surface area contributed by atoms with Crippen molar-refractivity contribution in [3.05, 3.63) is 65.7 Å². The molecule has 1 aliphatic heterocycles. The van der Waals surface area contributed by atoms with Gasteiger partial charge in [-0.15, -0.1) is 0 Å². The molecule has 0 aromatic heterocycles. The summed E-state index contributed by atoms with van der Waals surface area (Å²) in [6.07, 6.45) is 0.527. The lowest BCUT2D eigenvalue weighted by molar-refractivity contribution is -0.132. The first-order valence-corrected chi connectivity index (χ1v) is 9.72. The number of hydrogen-bond donors (Lipinski definition) is 0. The molecule has 6 nitrogen and oxygen atoms in total. The van der Waals surface area contributed by atoms with Gasteiger partial charge in [0.05, 0.1) is 5.69 Å². The van der Waals surface area contributed by atoms with Crippen molar-refractivity contribution in [1.29, 1.82) is 0 Å². The fourth-order valence-electron chi connectivity index (χ4n) is 3.61. The number of rotatable bonds is 5. The van der Waals surface area contributed by atoms with E-state index in [9.17, 15) is 14.4 Å². The SMILES string of the molecule is CC(=O)Oc1c(C)cc(OCc2ccc(N3C(=O)CCC3=O)cc2)c2ccccc12. The lowest BCUT2D eigenvalue weighted by atomic mass is 10.0. The van der Waals surface area contributed by atoms with Crippen molar-refractivity contribution in [3.8, 4) is 11.5 Å². The maximum atomic E-state index is 11.9. The van der Waals surface area contributed by atoms with Crippen molar-refractivity contribution >= 4 is 34.2 Å². The van der Waals surface area contributed by atoms with E-state index in [4.69, 9.17) is 9.47 Å². The van der Waals surface area contributed by atoms with Gasteiger partial charge in [0, 0.05) is 30.5 Å². The Balaban J connectivity index is 1.56. The van der Waals surface area contributed by atoms with Gasteiger partial charge in [0.15, 0.2) is 0 Å². The smallest absolute Gasteiger partial charge is 0.308 e. The lowest BCUT2D eigenvalue weighted by Crippen LogP contribution is -2.28. The van der Waals surface area contributed by atoms with E-state index in [1.807, 2.05) is 49.4 Å². The summed E-state index contributed by atoms with van der Waals surface area (Å²) in [5.41, 5.74) is 2.29. The van der Waals surface area contributed by atoms with E-state index < -0.39 is 0 Å². The Morgan fingerprint density at radius 3 is 2.23 bits per heavy atom. The number of ether oxygens (including phenoxy) is 2. The fraction of sp³-hybridized carbons (Fsp3) is 0.208. The second kappa shape index (κ2) is 7.99. The Hall–Kier alpha value is -3.67. The van der Waals surface area contributed by atoms with Crippen LogP contribution in [0.2, 0.25) is 0 Å². The van der Waals surface area contributed by atoms with Crippen LogP contribution in [0.3, 0.4) is 0 Å². The number of nitrogens with zero attached hydrogens (tertiary/aromatic N) is 1. The van der Waals surface area contributed by atoms with Crippen molar-refractivity contribution in [1.82, 2.24) is 0 Å². The van der Waals surface area contributed by atoms with Crippen LogP contribution in [0.5, 0.6) is 11.5 Å². The number of benzene rings is 3. The molecular weight excluding hydrogens is 382 g/mol. The van der Waals surface area contributed by atoms with Gasteiger partial charge < -0.3 is 9.47 Å². The van der Waals surface area contributed by atoms with Gasteiger partial charge in [-0.1, -0.05) is 36.4 Å². The zero-order valence-corrected chi connectivity index (χ0v) is 16.8. The largest absolute Gasteiger partial charge is 0.488 e. The number of fused-ring (bicyclic) bond motifs is 1. The summed E-state index contributed by atoms with van der Waals surface area (Å²) in [6, 6.07) is 16.7. The predicted octanol–water partition coefficient (Wildman–Crippen LogP) is 4.31. The van der Waals surface area contributed by atoms with Crippen LogP contribution in [-0.4, -0.2) is 17.8 Å². The summed E-state index contributed by atoms with van der Waals surface area (Å²) >= 11 is 0. The molecule has 0 N–H and O–H groups in total. The van der Waals surface area contributed by atoms with Crippen LogP contribution in [0.1, 0.15) is 30.9 Å². The molecule has 4 rings (SSSR count). The highest BCUT2D eigenvalue weighted by Crippen LogP contribution is 2.37. The summed E-state index contributed by atoms with van der Waals surface area (Å²) in [6.45, 7) is 3.57. The van der Waals surface area contributed by atoms with Crippen molar-refractivity contribution in [2.45, 2.75) is 33.3 Å². The minimum Gasteiger partial charge on any atom is -0.488 e. The molecule has 1 heterocycles. The molecule has 0 unspecified atom stereocenters. The summed E-state index contributed by atoms with van der Waals surface area (Å²) in [7, 11) is 0. The van der Waals surface area contributed by atoms with Gasteiger partial charge in [-0.3, -0.25) is 19.3 Å². The minimum atomic E-state index is -0.369. The van der Waals surface area contributed by atoms with Crippen molar-refractivity contribution < 1.29 is 23.9 Å². The number of carbonyl (C=O) groups excluding carboxylic acids is 3. The first-order chi connectivity index (χ1) is 14.4. The van der Waals surface area contributed by atoms with Gasteiger partial charge in [-0.2, -0.15) is 0 Å². The van der Waals surface area contributed by atoms with Gasteiger partial charge in [0.25, 0.3) is 0 Å². The number of hydrogen-bond acceptors (Lipinski definition) is 5. The Morgan fingerprint density at radius 1 is 0.967 bits per heavy atom. The van der Waals surface area contributed by atoms with Crippen LogP contribution in [0.4, 0.5) is 5.69 Å². The maximum Gasteiger partial charge on any atom is 0.308 e. The second-order valence-corrected chi connectivity index (χ2v) is 7.24. The third-order valence-corrected chi connectivity index (χ3v) is 5.03. The van der Waals surface area contributed by atoms with Crippen LogP contribution in [-0.2, 0) is 21.0 Å². The van der Waals surface area contributed by atoms with Crippen molar-refractivity contribution in [2.24, 2.45) is 0 Å². The van der Waals surface area contributed by atoms with E-state index in [0.717, 1.165) is 21.9 Å². The standard InChI is InChI=1S/C24H21NO5/c1-15-13-21(19-5-3-4-6-20(19)24(15)30-16(2)26)29-14-17-7-9-18(10-8-17)25-22(27)11-12-23(25)28/h3-10,13H,11-12,14H2,1-2H3. The summed E-state index contributed by atoms with van der Waals surface area (Å²) in [5.74, 6) is 0.521. The molecule has 152 valence electrons. The number of aryl methyl sites for hydroxylation is 1. The topological polar surface area (TPSA) is 72.9 Å². The van der Waals surface area contributed by atoms with Crippen LogP contribution in [0.15, 0.2) is 54.6 Å². The molecule has 2 amide bonds. The van der Waals surface area contributed by atoms with Crippen LogP contribution in [0.25, 0.3) is 10.8 Å². The van der Waals surface area contributed by atoms with E-state index in [2.05, 4.69) is 0 Å². The van der Waals surface area contributed by atoms with Crippen LogP contribution < -0.4 is 14.4 Å². The number of esters is 1. The van der Waals surface area contributed by atoms with Crippen molar-refractivity contribution in [3.63, 3.8) is 0 Å². The van der Waals surface area contributed by atoms with E-state index in [1.165, 1.54) is 11.8 Å². The first kappa shape index (κ1) is 19.6. The lowest BCUT2D eigenvalue weighted by Gasteiger charge is -2.16. The Labute approximate surface area is 174 Å². The zero-order valence-electron chi connectivity index (χ0n) is 16.8. The van der Waals surface area contributed by atoms with Gasteiger partial charge in [-0.05, 0) is 36.2 Å². The van der Waals surface area contributed by atoms with Gasteiger partial charge >= 0.3 is 5.97 Å². The van der Waals surface area contributed by atoms with E-state index in [1.54, 1.807) is 12.1 Å². The van der Waals surface area contributed by atoms with Gasteiger partial charge in [0.2, 0.25) is 11.8 Å².